The fourth-order valence-corrected chi connectivity index (χ4v) is 2.87. The van der Waals surface area contributed by atoms with Gasteiger partial charge < -0.3 is 11.1 Å². The van der Waals surface area contributed by atoms with E-state index in [9.17, 15) is 4.79 Å². The molecule has 0 spiro atoms. The highest BCUT2D eigenvalue weighted by Gasteiger charge is 2.25. The highest BCUT2D eigenvalue weighted by Crippen LogP contribution is 2.25. The largest absolute Gasteiger partial charge is 0.399 e. The Bertz CT molecular complexity index is 413. The number of nitrogen functional groups attached to an aromatic ring is 1. The van der Waals surface area contributed by atoms with Crippen LogP contribution in [-0.4, -0.2) is 11.9 Å². The standard InChI is InChI=1S/C13H17BrN2O/c1-8-3-2-4-12(8)16-13(17)9-5-10(14)7-11(15)6-9/h5-8,12H,2-4,15H2,1H3,(H,16,17). The molecule has 4 heteroatoms. The molecule has 3 N–H and O–H groups in total. The molecule has 1 aliphatic rings. The lowest BCUT2D eigenvalue weighted by atomic mass is 10.1. The van der Waals surface area contributed by atoms with Crippen molar-refractivity contribution in [3.8, 4) is 0 Å². The predicted octanol–water partition coefficient (Wildman–Crippen LogP) is 2.95. The van der Waals surface area contributed by atoms with Crippen LogP contribution >= 0.6 is 15.9 Å². The summed E-state index contributed by atoms with van der Waals surface area (Å²) in [4.78, 5) is 12.1. The number of halogens is 1. The van der Waals surface area contributed by atoms with E-state index in [-0.39, 0.29) is 5.91 Å². The summed E-state index contributed by atoms with van der Waals surface area (Å²) in [6.07, 6.45) is 3.48. The molecule has 1 fully saturated rings. The van der Waals surface area contributed by atoms with Crippen LogP contribution < -0.4 is 11.1 Å². The fourth-order valence-electron chi connectivity index (χ4n) is 2.36. The van der Waals surface area contributed by atoms with E-state index in [0.717, 1.165) is 10.9 Å². The zero-order valence-electron chi connectivity index (χ0n) is 9.87. The lowest BCUT2D eigenvalue weighted by Crippen LogP contribution is -2.36. The second-order valence-corrected chi connectivity index (χ2v) is 5.68. The average Bonchev–Trinajstić information content (AvgIpc) is 2.63. The minimum absolute atomic E-state index is 0.0308. The van der Waals surface area contributed by atoms with Gasteiger partial charge in [0, 0.05) is 21.8 Å². The third kappa shape index (κ3) is 3.00. The van der Waals surface area contributed by atoms with E-state index in [0.29, 0.717) is 23.2 Å². The van der Waals surface area contributed by atoms with E-state index in [1.165, 1.54) is 12.8 Å². The first-order valence-corrected chi connectivity index (χ1v) is 6.72. The van der Waals surface area contributed by atoms with Crippen molar-refractivity contribution in [2.24, 2.45) is 5.92 Å². The first-order valence-electron chi connectivity index (χ1n) is 5.93. The van der Waals surface area contributed by atoms with Crippen molar-refractivity contribution in [2.75, 3.05) is 5.73 Å². The van der Waals surface area contributed by atoms with Gasteiger partial charge in [0.1, 0.15) is 0 Å². The van der Waals surface area contributed by atoms with Crippen LogP contribution in [0.15, 0.2) is 22.7 Å². The Labute approximate surface area is 110 Å². The summed E-state index contributed by atoms with van der Waals surface area (Å²) in [6, 6.07) is 5.60. The zero-order chi connectivity index (χ0) is 12.4. The Balaban J connectivity index is 2.09. The van der Waals surface area contributed by atoms with Gasteiger partial charge in [0.25, 0.3) is 5.91 Å². The van der Waals surface area contributed by atoms with Crippen molar-refractivity contribution in [3.05, 3.63) is 28.2 Å². The van der Waals surface area contributed by atoms with Crippen molar-refractivity contribution in [1.82, 2.24) is 5.32 Å². The van der Waals surface area contributed by atoms with E-state index in [4.69, 9.17) is 5.73 Å². The van der Waals surface area contributed by atoms with Crippen LogP contribution in [0.3, 0.4) is 0 Å². The monoisotopic (exact) mass is 296 g/mol. The van der Waals surface area contributed by atoms with Crippen molar-refractivity contribution < 1.29 is 4.79 Å². The number of hydrogen-bond donors (Lipinski definition) is 2. The lowest BCUT2D eigenvalue weighted by Gasteiger charge is -2.17. The van der Waals surface area contributed by atoms with E-state index in [1.807, 2.05) is 0 Å². The smallest absolute Gasteiger partial charge is 0.251 e. The number of benzene rings is 1. The van der Waals surface area contributed by atoms with E-state index >= 15 is 0 Å². The predicted molar refractivity (Wildman–Crippen MR) is 72.8 cm³/mol. The van der Waals surface area contributed by atoms with Crippen molar-refractivity contribution in [3.63, 3.8) is 0 Å². The van der Waals surface area contributed by atoms with Gasteiger partial charge in [-0.15, -0.1) is 0 Å². The minimum Gasteiger partial charge on any atom is -0.399 e. The molecular formula is C13H17BrN2O. The van der Waals surface area contributed by atoms with Crippen LogP contribution in [0.2, 0.25) is 0 Å². The summed E-state index contributed by atoms with van der Waals surface area (Å²) < 4.78 is 0.835. The molecule has 0 aliphatic heterocycles. The van der Waals surface area contributed by atoms with E-state index in [2.05, 4.69) is 28.2 Å². The Hall–Kier alpha value is -1.03. The third-order valence-corrected chi connectivity index (χ3v) is 3.82. The second-order valence-electron chi connectivity index (χ2n) is 4.76. The Morgan fingerprint density at radius 1 is 1.41 bits per heavy atom. The molecule has 1 amide bonds. The van der Waals surface area contributed by atoms with Crippen molar-refractivity contribution in [1.29, 1.82) is 0 Å². The number of nitrogens with one attached hydrogen (secondary N) is 1. The molecule has 17 heavy (non-hydrogen) atoms. The van der Waals surface area contributed by atoms with Crippen LogP contribution in [0.1, 0.15) is 36.5 Å². The number of hydrogen-bond acceptors (Lipinski definition) is 2. The van der Waals surface area contributed by atoms with Crippen LogP contribution in [0.25, 0.3) is 0 Å². The molecule has 1 aromatic carbocycles. The highest BCUT2D eigenvalue weighted by atomic mass is 79.9. The maximum absolute atomic E-state index is 12.1. The molecule has 1 aliphatic carbocycles. The van der Waals surface area contributed by atoms with Gasteiger partial charge in [-0.1, -0.05) is 29.3 Å². The molecule has 3 nitrogen and oxygen atoms in total. The Morgan fingerprint density at radius 2 is 2.18 bits per heavy atom. The first kappa shape index (κ1) is 12.4. The van der Waals surface area contributed by atoms with Gasteiger partial charge in [0.2, 0.25) is 0 Å². The second kappa shape index (κ2) is 5.08. The summed E-state index contributed by atoms with van der Waals surface area (Å²) in [5.74, 6) is 0.542. The molecular weight excluding hydrogens is 280 g/mol. The molecule has 0 saturated heterocycles. The van der Waals surface area contributed by atoms with Crippen LogP contribution in [0.4, 0.5) is 5.69 Å². The molecule has 1 saturated carbocycles. The fraction of sp³-hybridized carbons (Fsp3) is 0.462. The summed E-state index contributed by atoms with van der Waals surface area (Å²) in [5, 5.41) is 3.08. The molecule has 2 rings (SSSR count). The molecule has 0 aromatic heterocycles. The summed E-state index contributed by atoms with van der Waals surface area (Å²) in [7, 11) is 0. The number of amides is 1. The molecule has 0 heterocycles. The molecule has 2 unspecified atom stereocenters. The molecule has 1 aromatic rings. The molecule has 0 radical (unpaired) electrons. The highest BCUT2D eigenvalue weighted by molar-refractivity contribution is 9.10. The number of carbonyl (C=O) groups excluding carboxylic acids is 1. The Kier molecular flexibility index (Phi) is 3.72. The number of rotatable bonds is 2. The third-order valence-electron chi connectivity index (χ3n) is 3.36. The average molecular weight is 297 g/mol. The van der Waals surface area contributed by atoms with Gasteiger partial charge in [-0.2, -0.15) is 0 Å². The van der Waals surface area contributed by atoms with Crippen LogP contribution in [-0.2, 0) is 0 Å². The summed E-state index contributed by atoms with van der Waals surface area (Å²) >= 11 is 3.35. The maximum atomic E-state index is 12.1. The first-order chi connectivity index (χ1) is 8.06. The van der Waals surface area contributed by atoms with Gasteiger partial charge in [0.05, 0.1) is 0 Å². The zero-order valence-corrected chi connectivity index (χ0v) is 11.5. The van der Waals surface area contributed by atoms with Gasteiger partial charge in [0.15, 0.2) is 0 Å². The molecule has 2 atom stereocenters. The van der Waals surface area contributed by atoms with Crippen molar-refractivity contribution >= 4 is 27.5 Å². The van der Waals surface area contributed by atoms with Gasteiger partial charge in [-0.3, -0.25) is 4.79 Å². The van der Waals surface area contributed by atoms with E-state index < -0.39 is 0 Å². The van der Waals surface area contributed by atoms with Crippen LogP contribution in [0.5, 0.6) is 0 Å². The Morgan fingerprint density at radius 3 is 2.76 bits per heavy atom. The van der Waals surface area contributed by atoms with Gasteiger partial charge in [-0.05, 0) is 37.0 Å². The molecule has 0 bridgehead atoms. The maximum Gasteiger partial charge on any atom is 0.251 e. The normalized spacial score (nSPS) is 23.6. The van der Waals surface area contributed by atoms with Crippen molar-refractivity contribution in [2.45, 2.75) is 32.2 Å². The summed E-state index contributed by atoms with van der Waals surface area (Å²) in [5.41, 5.74) is 6.94. The lowest BCUT2D eigenvalue weighted by molar-refractivity contribution is 0.0929. The minimum atomic E-state index is -0.0308. The van der Waals surface area contributed by atoms with Gasteiger partial charge >= 0.3 is 0 Å². The number of anilines is 1. The SMILES string of the molecule is CC1CCCC1NC(=O)c1cc(N)cc(Br)c1. The number of nitrogens with two attached hydrogens (primary N) is 1. The van der Waals surface area contributed by atoms with Gasteiger partial charge in [-0.25, -0.2) is 0 Å². The quantitative estimate of drug-likeness (QED) is 0.825. The molecule has 92 valence electrons. The van der Waals surface area contributed by atoms with Crippen LogP contribution in [0, 0.1) is 5.92 Å². The topological polar surface area (TPSA) is 55.1 Å². The van der Waals surface area contributed by atoms with E-state index in [1.54, 1.807) is 18.2 Å². The summed E-state index contributed by atoms with van der Waals surface area (Å²) in [6.45, 7) is 2.19. The number of carbonyl (C=O) groups is 1.